The molecule has 0 saturated carbocycles. The first-order valence-corrected chi connectivity index (χ1v) is 9.45. The van der Waals surface area contributed by atoms with Gasteiger partial charge in [0.2, 0.25) is 5.95 Å². The van der Waals surface area contributed by atoms with Crippen LogP contribution in [0.4, 0.5) is 11.6 Å². The van der Waals surface area contributed by atoms with Crippen molar-refractivity contribution in [3.05, 3.63) is 59.1 Å². The summed E-state index contributed by atoms with van der Waals surface area (Å²) in [7, 11) is 0. The van der Waals surface area contributed by atoms with E-state index in [2.05, 4.69) is 56.8 Å². The second kappa shape index (κ2) is 9.71. The van der Waals surface area contributed by atoms with E-state index in [4.69, 9.17) is 5.73 Å². The molecule has 6 nitrogen and oxygen atoms in total. The minimum atomic E-state index is 0.338. The Labute approximate surface area is 162 Å². The molecule has 1 aliphatic rings. The first kappa shape index (κ1) is 20.4. The second-order valence-corrected chi connectivity index (χ2v) is 6.30. The van der Waals surface area contributed by atoms with Gasteiger partial charge in [0.15, 0.2) is 5.96 Å². The van der Waals surface area contributed by atoms with Gasteiger partial charge in [-0.15, -0.1) is 0 Å². The van der Waals surface area contributed by atoms with Gasteiger partial charge in [-0.3, -0.25) is 10.3 Å². The van der Waals surface area contributed by atoms with Crippen LogP contribution in [-0.4, -0.2) is 22.5 Å². The molecule has 4 N–H and O–H groups in total. The van der Waals surface area contributed by atoms with Crippen molar-refractivity contribution in [1.29, 1.82) is 0 Å². The predicted octanol–water partition coefficient (Wildman–Crippen LogP) is 4.27. The summed E-state index contributed by atoms with van der Waals surface area (Å²) in [5.41, 5.74) is 11.5. The van der Waals surface area contributed by atoms with Crippen LogP contribution in [0.1, 0.15) is 48.7 Å². The summed E-state index contributed by atoms with van der Waals surface area (Å²) >= 11 is 0. The number of nitrogens with one attached hydrogen (secondary N) is 2. The maximum Gasteiger partial charge on any atom is 0.229 e. The fraction of sp³-hybridized carbons (Fsp3) is 0.381. The van der Waals surface area contributed by atoms with Gasteiger partial charge in [0.1, 0.15) is 0 Å². The molecule has 1 unspecified atom stereocenters. The smallest absolute Gasteiger partial charge is 0.229 e. The zero-order valence-corrected chi connectivity index (χ0v) is 16.9. The van der Waals surface area contributed by atoms with Crippen molar-refractivity contribution in [2.45, 2.75) is 47.0 Å². The summed E-state index contributed by atoms with van der Waals surface area (Å²) in [4.78, 5) is 13.0. The first-order chi connectivity index (χ1) is 13.0. The third-order valence-electron chi connectivity index (χ3n) is 4.21. The molecule has 0 spiro atoms. The molecule has 144 valence electrons. The summed E-state index contributed by atoms with van der Waals surface area (Å²) < 4.78 is 0. The lowest BCUT2D eigenvalue weighted by atomic mass is 9.90. The number of nitrogens with zero attached hydrogens (tertiary/aromatic N) is 3. The number of para-hydroxylation sites is 1. The van der Waals surface area contributed by atoms with Crippen molar-refractivity contribution in [2.75, 3.05) is 17.2 Å². The molecule has 27 heavy (non-hydrogen) atoms. The summed E-state index contributed by atoms with van der Waals surface area (Å²) in [5, 5.41) is 6.30. The van der Waals surface area contributed by atoms with Gasteiger partial charge >= 0.3 is 0 Å². The summed E-state index contributed by atoms with van der Waals surface area (Å²) in [6.45, 7) is 10.6. The second-order valence-electron chi connectivity index (χ2n) is 6.30. The maximum absolute atomic E-state index is 5.97. The number of guanidine groups is 1. The van der Waals surface area contributed by atoms with E-state index in [-0.39, 0.29) is 0 Å². The number of aliphatic imine (C=N–C) groups is 1. The first-order valence-electron chi connectivity index (χ1n) is 9.45. The highest BCUT2D eigenvalue weighted by atomic mass is 15.2. The van der Waals surface area contributed by atoms with Gasteiger partial charge in [-0.25, -0.2) is 9.97 Å². The van der Waals surface area contributed by atoms with Crippen molar-refractivity contribution >= 4 is 17.6 Å². The van der Waals surface area contributed by atoms with E-state index in [0.29, 0.717) is 24.4 Å². The Morgan fingerprint density at radius 2 is 1.89 bits per heavy atom. The van der Waals surface area contributed by atoms with Crippen LogP contribution in [-0.2, 0) is 0 Å². The van der Waals surface area contributed by atoms with Crippen LogP contribution in [0.25, 0.3) is 0 Å². The zero-order chi connectivity index (χ0) is 19.8. The van der Waals surface area contributed by atoms with Gasteiger partial charge in [0, 0.05) is 29.5 Å². The van der Waals surface area contributed by atoms with E-state index in [0.717, 1.165) is 17.8 Å². The Hall–Kier alpha value is -2.89. The van der Waals surface area contributed by atoms with E-state index in [9.17, 15) is 0 Å². The molecule has 0 fully saturated rings. The third kappa shape index (κ3) is 5.54. The molecule has 1 aromatic carbocycles. The van der Waals surface area contributed by atoms with Crippen LogP contribution in [0.5, 0.6) is 0 Å². The van der Waals surface area contributed by atoms with Crippen molar-refractivity contribution < 1.29 is 0 Å². The van der Waals surface area contributed by atoms with E-state index in [1.54, 1.807) is 0 Å². The lowest BCUT2D eigenvalue weighted by molar-refractivity contribution is 0.742. The Morgan fingerprint density at radius 3 is 2.59 bits per heavy atom. The molecule has 1 aromatic heterocycles. The van der Waals surface area contributed by atoms with Crippen molar-refractivity contribution in [1.82, 2.24) is 9.97 Å². The van der Waals surface area contributed by atoms with Gasteiger partial charge in [-0.05, 0) is 50.6 Å². The number of hydrogen-bond donors (Lipinski definition) is 3. The molecule has 1 aliphatic heterocycles. The Bertz CT molecular complexity index is 805. The number of aryl methyl sites for hydroxylation is 3. The molecule has 6 heteroatoms. The summed E-state index contributed by atoms with van der Waals surface area (Å²) in [6.07, 6.45) is 5.08. The maximum atomic E-state index is 5.97. The average Bonchev–Trinajstić information content (AvgIpc) is 2.63. The van der Waals surface area contributed by atoms with E-state index >= 15 is 0 Å². The molecule has 0 aliphatic carbocycles. The predicted molar refractivity (Wildman–Crippen MR) is 114 cm³/mol. The molecule has 3 rings (SSSR count). The molecule has 0 bridgehead atoms. The molecule has 2 heterocycles. The van der Waals surface area contributed by atoms with E-state index in [1.165, 1.54) is 16.8 Å². The summed E-state index contributed by atoms with van der Waals surface area (Å²) in [6, 6.07) is 8.30. The standard InChI is InChI=1S/C19H24N6.C2H6/c1-12-5-4-6-16-15(7-9-21-17(12)16)8-10-22-18(20)25-19-23-13(2)11-14(3)24-19;1-2/h4-7,9,11,15,21H,8,10H2,1-3H3,(H3,20,22,23,24,25);1-2H3. The molecule has 0 saturated heterocycles. The van der Waals surface area contributed by atoms with Crippen LogP contribution in [0.15, 0.2) is 41.5 Å². The van der Waals surface area contributed by atoms with Crippen LogP contribution in [0.3, 0.4) is 0 Å². The number of aromatic nitrogens is 2. The quantitative estimate of drug-likeness (QED) is 0.555. The number of benzene rings is 1. The molecule has 1 atom stereocenters. The van der Waals surface area contributed by atoms with Gasteiger partial charge < -0.3 is 11.1 Å². The lowest BCUT2D eigenvalue weighted by Gasteiger charge is -2.22. The number of fused-ring (bicyclic) bond motifs is 1. The van der Waals surface area contributed by atoms with Gasteiger partial charge in [-0.1, -0.05) is 38.1 Å². The van der Waals surface area contributed by atoms with Crippen LogP contribution >= 0.6 is 0 Å². The van der Waals surface area contributed by atoms with Crippen molar-refractivity contribution in [3.63, 3.8) is 0 Å². The third-order valence-corrected chi connectivity index (χ3v) is 4.21. The normalized spacial score (nSPS) is 15.3. The number of nitrogens with two attached hydrogens (primary N) is 1. The van der Waals surface area contributed by atoms with Crippen molar-refractivity contribution in [3.8, 4) is 0 Å². The zero-order valence-electron chi connectivity index (χ0n) is 16.9. The lowest BCUT2D eigenvalue weighted by Crippen LogP contribution is -2.24. The number of rotatable bonds is 4. The monoisotopic (exact) mass is 366 g/mol. The fourth-order valence-corrected chi connectivity index (χ4v) is 3.06. The minimum Gasteiger partial charge on any atom is -0.370 e. The number of hydrogen-bond acceptors (Lipinski definition) is 4. The van der Waals surface area contributed by atoms with Crippen LogP contribution in [0.2, 0.25) is 0 Å². The average molecular weight is 367 g/mol. The van der Waals surface area contributed by atoms with Gasteiger partial charge in [0.25, 0.3) is 0 Å². The highest BCUT2D eigenvalue weighted by Crippen LogP contribution is 2.33. The Kier molecular flexibility index (Phi) is 7.34. The van der Waals surface area contributed by atoms with E-state index in [1.807, 2.05) is 40.0 Å². The van der Waals surface area contributed by atoms with E-state index < -0.39 is 0 Å². The largest absolute Gasteiger partial charge is 0.370 e. The molecular weight excluding hydrogens is 336 g/mol. The van der Waals surface area contributed by atoms with Crippen LogP contribution < -0.4 is 16.4 Å². The highest BCUT2D eigenvalue weighted by Gasteiger charge is 2.16. The van der Waals surface area contributed by atoms with Gasteiger partial charge in [-0.2, -0.15) is 0 Å². The van der Waals surface area contributed by atoms with Crippen LogP contribution in [0, 0.1) is 20.8 Å². The SMILES string of the molecule is CC.Cc1cc(C)nc(NC(N)=NCCC2C=CNc3c(C)cccc32)n1. The molecule has 0 radical (unpaired) electrons. The fourth-order valence-electron chi connectivity index (χ4n) is 3.06. The Balaban J connectivity index is 0.00000126. The highest BCUT2D eigenvalue weighted by molar-refractivity contribution is 5.90. The minimum absolute atomic E-state index is 0.338. The van der Waals surface area contributed by atoms with Gasteiger partial charge in [0.05, 0.1) is 0 Å². The number of allylic oxidation sites excluding steroid dienone is 1. The number of anilines is 2. The summed E-state index contributed by atoms with van der Waals surface area (Å²) in [5.74, 6) is 1.17. The Morgan fingerprint density at radius 1 is 1.19 bits per heavy atom. The van der Waals surface area contributed by atoms with Crippen molar-refractivity contribution in [2.24, 2.45) is 10.7 Å². The molecule has 0 amide bonds. The topological polar surface area (TPSA) is 88.2 Å². The molecule has 2 aromatic rings. The molecular formula is C21H30N6.